The molecule has 0 spiro atoms. The van der Waals surface area contributed by atoms with Crippen molar-refractivity contribution in [2.24, 2.45) is 0 Å². The molecule has 0 fully saturated rings. The topological polar surface area (TPSA) is 77.4 Å². The summed E-state index contributed by atoms with van der Waals surface area (Å²) in [5.74, 6) is 0. The molecule has 2 unspecified atom stereocenters. The molecule has 0 amide bonds. The Hall–Kier alpha value is 1.51. The van der Waals surface area contributed by atoms with Gasteiger partial charge in [-0.05, 0) is 25.7 Å². The first kappa shape index (κ1) is 26.7. The second-order valence-corrected chi connectivity index (χ2v) is 8.00. The van der Waals surface area contributed by atoms with Gasteiger partial charge in [-0.2, -0.15) is 0 Å². The fourth-order valence-electron chi connectivity index (χ4n) is 2.75. The van der Waals surface area contributed by atoms with Crippen LogP contribution in [-0.4, -0.2) is 29.4 Å². The van der Waals surface area contributed by atoms with E-state index >= 15 is 0 Å². The van der Waals surface area contributed by atoms with Crippen LogP contribution in [0.1, 0.15) is 97.3 Å². The van der Waals surface area contributed by atoms with Crippen LogP contribution < -0.4 is 51.4 Å². The molecule has 0 radical (unpaired) electrons. The predicted molar refractivity (Wildman–Crippen MR) is 90.9 cm³/mol. The van der Waals surface area contributed by atoms with E-state index in [0.29, 0.717) is 12.8 Å². The summed E-state index contributed by atoms with van der Waals surface area (Å²) in [4.78, 5) is 0. The van der Waals surface area contributed by atoms with E-state index in [1.54, 1.807) is 6.92 Å². The Labute approximate surface area is 186 Å². The van der Waals surface area contributed by atoms with Gasteiger partial charge in [0.2, 0.25) is 0 Å². The largest absolute Gasteiger partial charge is 1.00 e. The summed E-state index contributed by atoms with van der Waals surface area (Å²) >= 11 is 0. The van der Waals surface area contributed by atoms with Crippen LogP contribution in [0, 0.1) is 0 Å². The van der Waals surface area contributed by atoms with Gasteiger partial charge in [0, 0.05) is 5.25 Å². The molecule has 0 rings (SSSR count). The SMILES string of the molecule is CCC(O)CCCCCCCCCCCC(CC)S(=O)(=O)[O-].[K+]. The first-order valence-corrected chi connectivity index (χ1v) is 10.5. The van der Waals surface area contributed by atoms with Crippen molar-refractivity contribution in [1.82, 2.24) is 0 Å². The minimum atomic E-state index is -4.10. The maximum absolute atomic E-state index is 10.9. The van der Waals surface area contributed by atoms with Gasteiger partial charge >= 0.3 is 51.4 Å². The normalized spacial score (nSPS) is 14.3. The van der Waals surface area contributed by atoms with E-state index in [2.05, 4.69) is 0 Å². The quantitative estimate of drug-likeness (QED) is 0.267. The molecule has 0 aliphatic rings. The van der Waals surface area contributed by atoms with Gasteiger partial charge in [0.1, 0.15) is 0 Å². The van der Waals surface area contributed by atoms with Gasteiger partial charge in [-0.3, -0.25) is 0 Å². The maximum Gasteiger partial charge on any atom is 1.00 e. The summed E-state index contributed by atoms with van der Waals surface area (Å²) in [6, 6.07) is 0. The van der Waals surface area contributed by atoms with E-state index in [-0.39, 0.29) is 57.5 Å². The van der Waals surface area contributed by atoms with Crippen LogP contribution in [0.4, 0.5) is 0 Å². The van der Waals surface area contributed by atoms with Crippen molar-refractivity contribution in [2.75, 3.05) is 0 Å². The van der Waals surface area contributed by atoms with Crippen LogP contribution >= 0.6 is 0 Å². The third-order valence-electron chi connectivity index (χ3n) is 4.40. The molecular formula is C17H35KO4S. The first-order valence-electron chi connectivity index (χ1n) is 9.04. The van der Waals surface area contributed by atoms with Crippen molar-refractivity contribution in [3.63, 3.8) is 0 Å². The molecule has 0 aliphatic carbocycles. The van der Waals surface area contributed by atoms with Crippen molar-refractivity contribution in [1.29, 1.82) is 0 Å². The van der Waals surface area contributed by atoms with Crippen LogP contribution in [0.25, 0.3) is 0 Å². The Morgan fingerprint density at radius 1 is 0.783 bits per heavy atom. The third-order valence-corrected chi connectivity index (χ3v) is 5.78. The number of rotatable bonds is 15. The van der Waals surface area contributed by atoms with Crippen molar-refractivity contribution < 1.29 is 69.5 Å². The standard InChI is InChI=1S/C17H36O4S.K/c1-3-16(18)14-12-10-8-6-5-7-9-11-13-15-17(4-2)22(19,20)21;/h16-18H,3-15H2,1-2H3,(H,19,20,21);/q;+1/p-1. The molecule has 0 aromatic carbocycles. The van der Waals surface area contributed by atoms with Crippen LogP contribution in [0.3, 0.4) is 0 Å². The summed E-state index contributed by atoms with van der Waals surface area (Å²) in [6.07, 6.45) is 12.8. The van der Waals surface area contributed by atoms with Gasteiger partial charge < -0.3 is 9.66 Å². The molecule has 0 aromatic rings. The van der Waals surface area contributed by atoms with Crippen molar-refractivity contribution in [3.05, 3.63) is 0 Å². The van der Waals surface area contributed by atoms with Gasteiger partial charge in [-0.1, -0.05) is 71.6 Å². The predicted octanol–water partition coefficient (Wildman–Crippen LogP) is 1.38. The molecule has 2 atom stereocenters. The molecule has 0 heterocycles. The molecule has 6 heteroatoms. The monoisotopic (exact) mass is 374 g/mol. The minimum Gasteiger partial charge on any atom is -0.748 e. The fourth-order valence-corrected chi connectivity index (χ4v) is 3.61. The molecule has 134 valence electrons. The molecule has 0 aromatic heterocycles. The van der Waals surface area contributed by atoms with Gasteiger partial charge in [-0.15, -0.1) is 0 Å². The molecular weight excluding hydrogens is 339 g/mol. The van der Waals surface area contributed by atoms with E-state index in [1.165, 1.54) is 32.1 Å². The Bertz CT molecular complexity index is 347. The first-order chi connectivity index (χ1) is 10.4. The number of aliphatic hydroxyl groups is 1. The summed E-state index contributed by atoms with van der Waals surface area (Å²) < 4.78 is 32.8. The molecule has 1 N–H and O–H groups in total. The summed E-state index contributed by atoms with van der Waals surface area (Å²) in [5.41, 5.74) is 0. The second-order valence-electron chi connectivity index (χ2n) is 6.34. The van der Waals surface area contributed by atoms with Crippen molar-refractivity contribution in [3.8, 4) is 0 Å². The van der Waals surface area contributed by atoms with Gasteiger partial charge in [0.15, 0.2) is 0 Å². The molecule has 23 heavy (non-hydrogen) atoms. The average Bonchev–Trinajstić information content (AvgIpc) is 2.46. The van der Waals surface area contributed by atoms with Crippen molar-refractivity contribution in [2.45, 2.75) is 109 Å². The zero-order chi connectivity index (χ0) is 16.8. The summed E-state index contributed by atoms with van der Waals surface area (Å²) in [6.45, 7) is 3.78. The Kier molecular flexibility index (Phi) is 19.7. The van der Waals surface area contributed by atoms with E-state index in [0.717, 1.165) is 38.5 Å². The van der Waals surface area contributed by atoms with Crippen LogP contribution in [-0.2, 0) is 10.1 Å². The third kappa shape index (κ3) is 16.7. The summed E-state index contributed by atoms with van der Waals surface area (Å²) in [5, 5.41) is 8.74. The average molecular weight is 375 g/mol. The number of hydrogen-bond donors (Lipinski definition) is 1. The fraction of sp³-hybridized carbons (Fsp3) is 1.00. The van der Waals surface area contributed by atoms with E-state index < -0.39 is 15.4 Å². The van der Waals surface area contributed by atoms with E-state index in [4.69, 9.17) is 0 Å². The second kappa shape index (κ2) is 16.9. The van der Waals surface area contributed by atoms with Crippen LogP contribution in [0.5, 0.6) is 0 Å². The molecule has 0 saturated carbocycles. The van der Waals surface area contributed by atoms with Gasteiger partial charge in [0.25, 0.3) is 0 Å². The molecule has 0 saturated heterocycles. The number of unbranched alkanes of at least 4 members (excludes halogenated alkanes) is 8. The van der Waals surface area contributed by atoms with Crippen LogP contribution in [0.2, 0.25) is 0 Å². The van der Waals surface area contributed by atoms with Crippen molar-refractivity contribution >= 4 is 10.1 Å². The molecule has 0 bridgehead atoms. The number of hydrogen-bond acceptors (Lipinski definition) is 4. The Morgan fingerprint density at radius 3 is 1.52 bits per heavy atom. The van der Waals surface area contributed by atoms with E-state index in [1.807, 2.05) is 6.92 Å². The van der Waals surface area contributed by atoms with E-state index in [9.17, 15) is 18.1 Å². The zero-order valence-electron chi connectivity index (χ0n) is 15.4. The summed E-state index contributed by atoms with van der Waals surface area (Å²) in [7, 11) is -4.10. The van der Waals surface area contributed by atoms with Gasteiger partial charge in [0.05, 0.1) is 16.2 Å². The Morgan fingerprint density at radius 2 is 1.17 bits per heavy atom. The maximum atomic E-state index is 10.9. The number of aliphatic hydroxyl groups excluding tert-OH is 1. The minimum absolute atomic E-state index is 0. The smallest absolute Gasteiger partial charge is 0.748 e. The molecule has 4 nitrogen and oxygen atoms in total. The Balaban J connectivity index is 0. The van der Waals surface area contributed by atoms with Gasteiger partial charge in [-0.25, -0.2) is 8.42 Å². The zero-order valence-corrected chi connectivity index (χ0v) is 19.4. The van der Waals surface area contributed by atoms with Crippen LogP contribution in [0.15, 0.2) is 0 Å². The molecule has 0 aliphatic heterocycles.